The number of nitrogens with one attached hydrogen (secondary N) is 2. The van der Waals surface area contributed by atoms with Gasteiger partial charge in [0, 0.05) is 17.9 Å². The molecule has 3 aliphatic carbocycles. The van der Waals surface area contributed by atoms with E-state index in [9.17, 15) is 49.5 Å². The Kier molecular flexibility index (Phi) is 13.8. The molecule has 14 nitrogen and oxygen atoms in total. The van der Waals surface area contributed by atoms with Crippen molar-refractivity contribution in [2.75, 3.05) is 32.1 Å². The molecular formula is C50H56N4O10P+. The third kappa shape index (κ3) is 8.36. The second kappa shape index (κ2) is 19.1. The van der Waals surface area contributed by atoms with Crippen LogP contribution in [-0.2, 0) is 24.0 Å². The maximum atomic E-state index is 14.3. The van der Waals surface area contributed by atoms with Gasteiger partial charge in [0.2, 0.25) is 17.6 Å². The van der Waals surface area contributed by atoms with Gasteiger partial charge in [0.1, 0.15) is 46.0 Å². The number of phenolic OH excluding ortho intramolecular Hbond substituents is 1. The second-order valence-electron chi connectivity index (χ2n) is 17.4. The molecule has 0 radical (unpaired) electrons. The van der Waals surface area contributed by atoms with Crippen molar-refractivity contribution in [1.29, 1.82) is 0 Å². The van der Waals surface area contributed by atoms with Crippen LogP contribution in [0.3, 0.4) is 0 Å². The molecule has 15 heteroatoms. The quantitative estimate of drug-likeness (QED) is 0.0348. The minimum Gasteiger partial charge on any atom is -0.508 e. The predicted octanol–water partition coefficient (Wildman–Crippen LogP) is 3.89. The van der Waals surface area contributed by atoms with Gasteiger partial charge in [0.25, 0.3) is 5.91 Å². The minimum atomic E-state index is -3.05. The molecule has 9 N–H and O–H groups in total. The van der Waals surface area contributed by atoms with Gasteiger partial charge in [0.05, 0.1) is 42.0 Å². The van der Waals surface area contributed by atoms with Crippen LogP contribution in [0, 0.1) is 11.8 Å². The highest BCUT2D eigenvalue weighted by Crippen LogP contribution is 2.58. The van der Waals surface area contributed by atoms with E-state index < -0.39 is 101 Å². The third-order valence-electron chi connectivity index (χ3n) is 13.3. The number of rotatable bonds is 16. The number of carbonyl (C=O) groups is 5. The van der Waals surface area contributed by atoms with E-state index >= 15 is 0 Å². The highest BCUT2D eigenvalue weighted by Gasteiger charge is 2.68. The topological polar surface area (TPSA) is 240 Å². The van der Waals surface area contributed by atoms with Gasteiger partial charge in [-0.3, -0.25) is 28.9 Å². The van der Waals surface area contributed by atoms with Crippen LogP contribution in [-0.4, -0.2) is 104 Å². The van der Waals surface area contributed by atoms with E-state index in [1.807, 2.05) is 18.2 Å². The highest BCUT2D eigenvalue weighted by atomic mass is 31.2. The molecule has 4 aromatic carbocycles. The second-order valence-corrected chi connectivity index (χ2v) is 21.0. The highest BCUT2D eigenvalue weighted by molar-refractivity contribution is 7.95. The number of hydrogen-bond acceptors (Lipinski definition) is 11. The van der Waals surface area contributed by atoms with Crippen LogP contribution in [0.15, 0.2) is 120 Å². The van der Waals surface area contributed by atoms with Crippen molar-refractivity contribution in [3.8, 4) is 5.75 Å². The standard InChI is InChI=1S/C50H55N4O10P/c1-29-33-25-26-34(43(57)38(33)44(58)39-37(29)45(59)41-42(54(2)3)46(60)40(49(51)63)48(62)50(41,64)47(39)61)53-36(56)28-52-35(55)24-16-5-4-6-17-27-65(30-18-10-7-11-19-30,31-20-12-8-13-21-31)32-22-14-9-15-23-32/h7-15,18-23,25-26,29,37,41-42,45,59,64H,4-6,16-17,24,27-28H2,1-3H3,(H6-,51,52,53,55,56,57,58,60,61,62,63)/p+1/t29-,37+,41+,42-,45-,50-/m0/s1. The molecule has 6 atom stereocenters. The fourth-order valence-corrected chi connectivity index (χ4v) is 14.6. The van der Waals surface area contributed by atoms with Gasteiger partial charge in [-0.2, -0.15) is 0 Å². The molecule has 0 aromatic heterocycles. The number of nitrogens with zero attached hydrogens (tertiary/aromatic N) is 1. The summed E-state index contributed by atoms with van der Waals surface area (Å²) in [4.78, 5) is 67.1. The summed E-state index contributed by atoms with van der Waals surface area (Å²) in [6.07, 6.45) is 3.93. The number of unbranched alkanes of at least 4 members (excludes halogenated alkanes) is 4. The molecule has 1 saturated carbocycles. The van der Waals surface area contributed by atoms with Crippen molar-refractivity contribution in [3.05, 3.63) is 131 Å². The number of hydrogen-bond donors (Lipinski definition) is 8. The van der Waals surface area contributed by atoms with E-state index in [1.54, 1.807) is 6.92 Å². The fraction of sp³-hybridized carbons (Fsp3) is 0.340. The molecule has 0 unspecified atom stereocenters. The van der Waals surface area contributed by atoms with Crippen LogP contribution in [0.4, 0.5) is 5.69 Å². The number of aliphatic hydroxyl groups is 4. The Labute approximate surface area is 378 Å². The van der Waals surface area contributed by atoms with E-state index in [4.69, 9.17) is 5.73 Å². The van der Waals surface area contributed by atoms with Crippen LogP contribution >= 0.6 is 7.26 Å². The van der Waals surface area contributed by atoms with E-state index in [-0.39, 0.29) is 29.1 Å². The SMILES string of the molecule is C[C@H]1c2ccc(NC(=O)CNC(=O)CCCCCCC[P+](c3ccccc3)(c3ccccc3)c3ccccc3)c(O)c2C(O)=C2C(=O)[C@]3(O)C(O)=C(C(N)=O)C(=O)[C@@H](N(C)C)[C@@H]3[C@@H](O)[C@@H]21. The first-order valence-corrected chi connectivity index (χ1v) is 23.8. The normalized spacial score (nSPS) is 22.8. The van der Waals surface area contributed by atoms with Crippen LogP contribution in [0.5, 0.6) is 5.75 Å². The number of anilines is 1. The van der Waals surface area contributed by atoms with Gasteiger partial charge in [-0.15, -0.1) is 0 Å². The van der Waals surface area contributed by atoms with E-state index in [1.165, 1.54) is 47.0 Å². The van der Waals surface area contributed by atoms with Crippen LogP contribution in [0.25, 0.3) is 5.76 Å². The maximum absolute atomic E-state index is 14.3. The number of fused-ring (bicyclic) bond motifs is 3. The number of carbonyl (C=O) groups excluding carboxylic acids is 5. The summed E-state index contributed by atoms with van der Waals surface area (Å²) < 4.78 is 0. The van der Waals surface area contributed by atoms with Gasteiger partial charge in [-0.25, -0.2) is 0 Å². The summed E-state index contributed by atoms with van der Waals surface area (Å²) in [7, 11) is 0.953. The number of likely N-dealkylation sites (N-methyl/N-ethyl adjacent to an activating group) is 1. The molecule has 3 aliphatic rings. The lowest BCUT2D eigenvalue weighted by Gasteiger charge is -2.53. The minimum absolute atomic E-state index is 0.158. The van der Waals surface area contributed by atoms with Crippen LogP contribution in [0.2, 0.25) is 0 Å². The van der Waals surface area contributed by atoms with E-state index in [2.05, 4.69) is 83.4 Å². The zero-order valence-corrected chi connectivity index (χ0v) is 37.5. The van der Waals surface area contributed by atoms with E-state index in [0.717, 1.165) is 31.8 Å². The lowest BCUT2D eigenvalue weighted by atomic mass is 9.54. The molecule has 0 aliphatic heterocycles. The number of aliphatic hydroxyl groups excluding tert-OH is 3. The molecule has 0 spiro atoms. The van der Waals surface area contributed by atoms with Crippen molar-refractivity contribution in [2.45, 2.75) is 69.1 Å². The smallest absolute Gasteiger partial charge is 0.255 e. The molecule has 0 heterocycles. The van der Waals surface area contributed by atoms with Crippen molar-refractivity contribution in [3.63, 3.8) is 0 Å². The molecule has 7 rings (SSSR count). The largest absolute Gasteiger partial charge is 0.508 e. The monoisotopic (exact) mass is 903 g/mol. The van der Waals surface area contributed by atoms with Crippen LogP contribution < -0.4 is 32.3 Å². The Morgan fingerprint density at radius 3 is 1.85 bits per heavy atom. The number of ketones is 2. The Morgan fingerprint density at radius 1 is 0.769 bits per heavy atom. The van der Waals surface area contributed by atoms with Crippen molar-refractivity contribution < 1.29 is 49.5 Å². The maximum Gasteiger partial charge on any atom is 0.255 e. The molecule has 4 aromatic rings. The fourth-order valence-electron chi connectivity index (χ4n) is 10.2. The number of aromatic hydroxyl groups is 1. The number of nitrogens with two attached hydrogens (primary N) is 1. The molecule has 340 valence electrons. The number of primary amides is 1. The summed E-state index contributed by atoms with van der Waals surface area (Å²) in [5, 5.41) is 67.1. The average molecular weight is 904 g/mol. The average Bonchev–Trinajstić information content (AvgIpc) is 3.29. The molecular weight excluding hydrogens is 848 g/mol. The Balaban J connectivity index is 0.962. The Hall–Kier alpha value is -6.18. The van der Waals surface area contributed by atoms with Crippen molar-refractivity contribution in [1.82, 2.24) is 10.2 Å². The lowest BCUT2D eigenvalue weighted by molar-refractivity contribution is -0.169. The summed E-state index contributed by atoms with van der Waals surface area (Å²) in [5.41, 5.74) is 0.639. The molecule has 65 heavy (non-hydrogen) atoms. The first-order chi connectivity index (χ1) is 31.1. The van der Waals surface area contributed by atoms with Crippen LogP contribution in [0.1, 0.15) is 62.5 Å². The van der Waals surface area contributed by atoms with Crippen molar-refractivity contribution in [2.24, 2.45) is 17.6 Å². The summed E-state index contributed by atoms with van der Waals surface area (Å²) in [6.45, 7) is 1.20. The molecule has 3 amide bonds. The lowest BCUT2D eigenvalue weighted by Crippen LogP contribution is -2.70. The third-order valence-corrected chi connectivity index (χ3v) is 17.9. The molecule has 1 fully saturated rings. The molecule has 0 saturated heterocycles. The number of amides is 3. The number of Topliss-reactive ketones (excluding diaryl/α,β-unsaturated/α-hetero) is 2. The molecule has 0 bridgehead atoms. The Morgan fingerprint density at radius 2 is 1.31 bits per heavy atom. The van der Waals surface area contributed by atoms with Crippen molar-refractivity contribution >= 4 is 63.9 Å². The first kappa shape index (κ1) is 46.8. The van der Waals surface area contributed by atoms with Gasteiger partial charge >= 0.3 is 0 Å². The zero-order valence-electron chi connectivity index (χ0n) is 36.6. The summed E-state index contributed by atoms with van der Waals surface area (Å²) in [5.74, 6) is -11.2. The zero-order chi connectivity index (χ0) is 46.8. The Bertz CT molecular complexity index is 2450. The van der Waals surface area contributed by atoms with E-state index in [0.29, 0.717) is 6.42 Å². The van der Waals surface area contributed by atoms with Gasteiger partial charge in [0.15, 0.2) is 11.4 Å². The number of phenols is 1. The van der Waals surface area contributed by atoms with Gasteiger partial charge < -0.3 is 41.9 Å². The summed E-state index contributed by atoms with van der Waals surface area (Å²) in [6, 6.07) is 33.6. The summed E-state index contributed by atoms with van der Waals surface area (Å²) >= 11 is 0. The number of benzene rings is 4. The first-order valence-electron chi connectivity index (χ1n) is 21.9. The van der Waals surface area contributed by atoms with Gasteiger partial charge in [-0.05, 0) is 87.3 Å². The predicted molar refractivity (Wildman–Crippen MR) is 250 cm³/mol. The van der Waals surface area contributed by atoms with Gasteiger partial charge in [-0.1, -0.05) is 80.4 Å².